The number of nitrogens with one attached hydrogen (secondary N) is 3. The zero-order valence-corrected chi connectivity index (χ0v) is 22.7. The van der Waals surface area contributed by atoms with E-state index >= 15 is 0 Å². The molecule has 0 fully saturated rings. The van der Waals surface area contributed by atoms with Crippen LogP contribution in [0.2, 0.25) is 0 Å². The maximum absolute atomic E-state index is 13.1. The van der Waals surface area contributed by atoms with Crippen LogP contribution in [0.25, 0.3) is 10.2 Å². The molecule has 0 aliphatic rings. The Balaban J connectivity index is 1.67. The lowest BCUT2D eigenvalue weighted by Gasteiger charge is -2.18. The molecule has 37 heavy (non-hydrogen) atoms. The molecule has 0 aliphatic carbocycles. The van der Waals surface area contributed by atoms with E-state index in [1.165, 1.54) is 11.3 Å². The fourth-order valence-corrected chi connectivity index (χ4v) is 4.50. The molecule has 3 rings (SSSR count). The quantitative estimate of drug-likeness (QED) is 0.298. The second-order valence-corrected chi connectivity index (χ2v) is 10.7. The molecule has 1 atom stereocenters. The first-order valence-corrected chi connectivity index (χ1v) is 13.0. The molecule has 10 heteroatoms. The zero-order chi connectivity index (χ0) is 27.0. The number of alkyl carbamates (subject to hydrolysis) is 1. The third kappa shape index (κ3) is 8.75. The molecular formula is C27H34N4O5S. The van der Waals surface area contributed by atoms with Gasteiger partial charge in [-0.1, -0.05) is 61.4 Å². The average Bonchev–Trinajstić information content (AvgIpc) is 3.22. The second kappa shape index (κ2) is 12.5. The van der Waals surface area contributed by atoms with Gasteiger partial charge < -0.3 is 20.1 Å². The Hall–Kier alpha value is -3.66. The predicted octanol–water partition coefficient (Wildman–Crippen LogP) is 6.38. The lowest BCUT2D eigenvalue weighted by molar-refractivity contribution is -0.118. The van der Waals surface area contributed by atoms with Crippen LogP contribution in [0.15, 0.2) is 42.5 Å². The summed E-state index contributed by atoms with van der Waals surface area (Å²) >= 11 is 1.28. The van der Waals surface area contributed by atoms with E-state index in [0.717, 1.165) is 34.2 Å². The largest absolute Gasteiger partial charge is 0.445 e. The summed E-state index contributed by atoms with van der Waals surface area (Å²) in [6.45, 7) is 9.38. The van der Waals surface area contributed by atoms with Crippen molar-refractivity contribution in [1.29, 1.82) is 0 Å². The molecule has 1 heterocycles. The Morgan fingerprint density at radius 1 is 1.05 bits per heavy atom. The maximum atomic E-state index is 13.1. The van der Waals surface area contributed by atoms with E-state index in [0.29, 0.717) is 17.2 Å². The molecule has 3 amide bonds. The Labute approximate surface area is 221 Å². The number of thiazole rings is 1. The number of unbranched alkanes of at least 4 members (excludes halogenated alkanes) is 1. The maximum Gasteiger partial charge on any atom is 0.413 e. The van der Waals surface area contributed by atoms with E-state index in [4.69, 9.17) is 9.47 Å². The van der Waals surface area contributed by atoms with Crippen LogP contribution in [0.5, 0.6) is 0 Å². The van der Waals surface area contributed by atoms with Crippen molar-refractivity contribution >= 4 is 50.5 Å². The minimum absolute atomic E-state index is 0.121. The number of hydrogen-bond acceptors (Lipinski definition) is 7. The highest BCUT2D eigenvalue weighted by molar-refractivity contribution is 7.22. The van der Waals surface area contributed by atoms with Gasteiger partial charge in [-0.25, -0.2) is 14.6 Å². The number of aromatic nitrogens is 1. The van der Waals surface area contributed by atoms with Crippen LogP contribution < -0.4 is 16.0 Å². The lowest BCUT2D eigenvalue weighted by Crippen LogP contribution is -2.44. The number of nitrogens with zero attached hydrogens (tertiary/aromatic N) is 1. The standard InChI is InChI=1S/C27H34N4O5S/c1-6-7-13-20(29-25(33)35-16-18-11-9-8-10-12-18)23(32)28-19-14-17(2)22-21(15-19)37-24(30-22)31-26(34)36-27(3,4)5/h8-12,14-15,20H,6-7,13,16H2,1-5H3,(H,28,32)(H,29,33)(H,30,31,34). The van der Waals surface area contributed by atoms with Crippen molar-refractivity contribution in [3.63, 3.8) is 0 Å². The van der Waals surface area contributed by atoms with Crippen molar-refractivity contribution in [2.24, 2.45) is 0 Å². The molecular weight excluding hydrogens is 492 g/mol. The van der Waals surface area contributed by atoms with Gasteiger partial charge in [-0.15, -0.1) is 0 Å². The fourth-order valence-electron chi connectivity index (χ4n) is 3.53. The third-order valence-electron chi connectivity index (χ3n) is 5.23. The summed E-state index contributed by atoms with van der Waals surface area (Å²) in [5, 5.41) is 8.66. The number of rotatable bonds is 9. The molecule has 0 saturated carbocycles. The molecule has 198 valence electrons. The van der Waals surface area contributed by atoms with Gasteiger partial charge in [-0.2, -0.15) is 0 Å². The van der Waals surface area contributed by atoms with Crippen LogP contribution >= 0.6 is 11.3 Å². The number of benzene rings is 2. The average molecular weight is 527 g/mol. The van der Waals surface area contributed by atoms with Gasteiger partial charge in [-0.3, -0.25) is 10.1 Å². The number of ether oxygens (including phenoxy) is 2. The zero-order valence-electron chi connectivity index (χ0n) is 21.8. The topological polar surface area (TPSA) is 119 Å². The molecule has 0 saturated heterocycles. The van der Waals surface area contributed by atoms with Crippen molar-refractivity contribution in [2.75, 3.05) is 10.6 Å². The Morgan fingerprint density at radius 3 is 2.46 bits per heavy atom. The third-order valence-corrected chi connectivity index (χ3v) is 6.15. The normalized spacial score (nSPS) is 12.0. The molecule has 2 aromatic carbocycles. The summed E-state index contributed by atoms with van der Waals surface area (Å²) in [4.78, 5) is 42.1. The van der Waals surface area contributed by atoms with E-state index in [1.807, 2.05) is 50.2 Å². The summed E-state index contributed by atoms with van der Waals surface area (Å²) in [5.74, 6) is -0.333. The molecule has 1 unspecified atom stereocenters. The van der Waals surface area contributed by atoms with Gasteiger partial charge in [0.2, 0.25) is 5.91 Å². The van der Waals surface area contributed by atoms with Gasteiger partial charge in [0.05, 0.1) is 10.2 Å². The Morgan fingerprint density at radius 2 is 1.78 bits per heavy atom. The summed E-state index contributed by atoms with van der Waals surface area (Å²) in [7, 11) is 0. The Kier molecular flexibility index (Phi) is 9.46. The van der Waals surface area contributed by atoms with Crippen LogP contribution in [-0.2, 0) is 20.9 Å². The van der Waals surface area contributed by atoms with Gasteiger partial charge in [0, 0.05) is 5.69 Å². The van der Waals surface area contributed by atoms with E-state index in [1.54, 1.807) is 26.8 Å². The van der Waals surface area contributed by atoms with Gasteiger partial charge in [0.25, 0.3) is 0 Å². The first-order valence-electron chi connectivity index (χ1n) is 12.2. The minimum atomic E-state index is -0.745. The molecule has 3 N–H and O–H groups in total. The number of carbonyl (C=O) groups is 3. The highest BCUT2D eigenvalue weighted by Gasteiger charge is 2.22. The van der Waals surface area contributed by atoms with Crippen LogP contribution in [0, 0.1) is 6.92 Å². The molecule has 0 aliphatic heterocycles. The number of anilines is 2. The van der Waals surface area contributed by atoms with Crippen LogP contribution in [-0.4, -0.2) is 34.7 Å². The number of hydrogen-bond donors (Lipinski definition) is 3. The van der Waals surface area contributed by atoms with Crippen LogP contribution in [0.4, 0.5) is 20.4 Å². The van der Waals surface area contributed by atoms with Crippen molar-refractivity contribution in [3.8, 4) is 0 Å². The SMILES string of the molecule is CCCCC(NC(=O)OCc1ccccc1)C(=O)Nc1cc(C)c2nc(NC(=O)OC(C)(C)C)sc2c1. The smallest absolute Gasteiger partial charge is 0.413 e. The summed E-state index contributed by atoms with van der Waals surface area (Å²) < 4.78 is 11.4. The van der Waals surface area contributed by atoms with Crippen molar-refractivity contribution in [3.05, 3.63) is 53.6 Å². The molecule has 0 radical (unpaired) electrons. The van der Waals surface area contributed by atoms with E-state index in [9.17, 15) is 14.4 Å². The van der Waals surface area contributed by atoms with Gasteiger partial charge in [-0.05, 0) is 57.4 Å². The molecule has 0 spiro atoms. The number of amides is 3. The van der Waals surface area contributed by atoms with Gasteiger partial charge in [0.1, 0.15) is 18.2 Å². The molecule has 3 aromatic rings. The van der Waals surface area contributed by atoms with Crippen molar-refractivity contribution < 1.29 is 23.9 Å². The summed E-state index contributed by atoms with van der Waals surface area (Å²) in [6.07, 6.45) is 0.899. The first-order chi connectivity index (χ1) is 17.5. The van der Waals surface area contributed by atoms with E-state index < -0.39 is 23.8 Å². The number of aryl methyl sites for hydroxylation is 1. The summed E-state index contributed by atoms with van der Waals surface area (Å²) in [5.41, 5.74) is 2.37. The monoisotopic (exact) mass is 526 g/mol. The highest BCUT2D eigenvalue weighted by atomic mass is 32.1. The molecule has 9 nitrogen and oxygen atoms in total. The van der Waals surface area contributed by atoms with Crippen LogP contribution in [0.3, 0.4) is 0 Å². The minimum Gasteiger partial charge on any atom is -0.445 e. The molecule has 1 aromatic heterocycles. The second-order valence-electron chi connectivity index (χ2n) is 9.68. The van der Waals surface area contributed by atoms with Gasteiger partial charge in [0.15, 0.2) is 5.13 Å². The fraction of sp³-hybridized carbons (Fsp3) is 0.407. The van der Waals surface area contributed by atoms with E-state index in [2.05, 4.69) is 20.9 Å². The Bertz CT molecular complexity index is 1240. The van der Waals surface area contributed by atoms with Crippen LogP contribution in [0.1, 0.15) is 58.1 Å². The van der Waals surface area contributed by atoms with E-state index in [-0.39, 0.29) is 12.5 Å². The highest BCUT2D eigenvalue weighted by Crippen LogP contribution is 2.31. The van der Waals surface area contributed by atoms with Gasteiger partial charge >= 0.3 is 12.2 Å². The number of fused-ring (bicyclic) bond motifs is 1. The molecule has 0 bridgehead atoms. The van der Waals surface area contributed by atoms with Crippen molar-refractivity contribution in [2.45, 2.75) is 72.1 Å². The first kappa shape index (κ1) is 27.9. The predicted molar refractivity (Wildman–Crippen MR) is 146 cm³/mol. The lowest BCUT2D eigenvalue weighted by atomic mass is 10.1. The van der Waals surface area contributed by atoms with Crippen molar-refractivity contribution in [1.82, 2.24) is 10.3 Å². The summed E-state index contributed by atoms with van der Waals surface area (Å²) in [6, 6.07) is 12.2. The number of carbonyl (C=O) groups excluding carboxylic acids is 3.